The Labute approximate surface area is 189 Å². The molecular weight excluding hydrogens is 422 g/mol. The molecule has 4 N–H and O–H groups in total. The Bertz CT molecular complexity index is 1360. The number of carboxylic acid groups (broad SMARTS) is 1. The predicted molar refractivity (Wildman–Crippen MR) is 125 cm³/mol. The van der Waals surface area contributed by atoms with Crippen molar-refractivity contribution >= 4 is 45.3 Å². The van der Waals surface area contributed by atoms with Gasteiger partial charge in [-0.2, -0.15) is 0 Å². The van der Waals surface area contributed by atoms with Gasteiger partial charge in [-0.25, -0.2) is 0 Å². The normalized spacial score (nSPS) is 11.9. The number of para-hydroxylation sites is 1. The van der Waals surface area contributed by atoms with Gasteiger partial charge in [-0.05, 0) is 35.9 Å². The molecule has 1 aromatic heterocycles. The maximum atomic E-state index is 13.0. The molecule has 0 spiro atoms. The highest BCUT2D eigenvalue weighted by Crippen LogP contribution is 2.31. The minimum absolute atomic E-state index is 0.115. The molecule has 0 aliphatic carbocycles. The van der Waals surface area contributed by atoms with E-state index in [1.165, 1.54) is 19.1 Å². The number of nitrogens with zero attached hydrogens (tertiary/aromatic N) is 1. The Morgan fingerprint density at radius 2 is 1.64 bits per heavy atom. The number of rotatable bonds is 7. The number of hydrogen-bond acceptors (Lipinski definition) is 4. The summed E-state index contributed by atoms with van der Waals surface area (Å²) in [5, 5.41) is 26.2. The number of phenols is 1. The number of carboxylic acids is 1. The average Bonchev–Trinajstić information content (AvgIpc) is 3.07. The fourth-order valence-corrected chi connectivity index (χ4v) is 3.98. The van der Waals surface area contributed by atoms with Gasteiger partial charge >= 0.3 is 5.97 Å². The van der Waals surface area contributed by atoms with Crippen molar-refractivity contribution in [2.75, 3.05) is 5.32 Å². The number of fused-ring (bicyclic) bond motifs is 3. The van der Waals surface area contributed by atoms with E-state index in [9.17, 15) is 24.6 Å². The Morgan fingerprint density at radius 3 is 2.33 bits per heavy atom. The van der Waals surface area contributed by atoms with Crippen molar-refractivity contribution in [1.29, 1.82) is 0 Å². The van der Waals surface area contributed by atoms with Crippen LogP contribution in [0, 0.1) is 0 Å². The number of aromatic hydroxyl groups is 1. The van der Waals surface area contributed by atoms with Crippen LogP contribution in [-0.2, 0) is 27.3 Å². The summed E-state index contributed by atoms with van der Waals surface area (Å²) in [5.41, 5.74) is 2.74. The minimum atomic E-state index is -0.966. The van der Waals surface area contributed by atoms with Gasteiger partial charge in [0.25, 0.3) is 0 Å². The number of aromatic nitrogens is 1. The van der Waals surface area contributed by atoms with Gasteiger partial charge in [0.15, 0.2) is 0 Å². The molecule has 0 fully saturated rings. The van der Waals surface area contributed by atoms with E-state index >= 15 is 0 Å². The van der Waals surface area contributed by atoms with Gasteiger partial charge in [-0.3, -0.25) is 14.4 Å². The fraction of sp³-hybridized carbons (Fsp3) is 0.160. The lowest BCUT2D eigenvalue weighted by Crippen LogP contribution is -2.44. The van der Waals surface area contributed by atoms with Crippen molar-refractivity contribution in [2.24, 2.45) is 0 Å². The lowest BCUT2D eigenvalue weighted by molar-refractivity contribution is -0.137. The molecule has 1 heterocycles. The third-order valence-electron chi connectivity index (χ3n) is 5.40. The zero-order valence-corrected chi connectivity index (χ0v) is 17.9. The van der Waals surface area contributed by atoms with Gasteiger partial charge in [0.05, 0.1) is 5.52 Å². The quantitative estimate of drug-likeness (QED) is 0.348. The predicted octanol–water partition coefficient (Wildman–Crippen LogP) is 3.27. The monoisotopic (exact) mass is 445 g/mol. The number of aliphatic carboxylic acids is 1. The van der Waals surface area contributed by atoms with Crippen LogP contribution in [0.25, 0.3) is 21.8 Å². The number of carbonyl (C=O) groups excluding carboxylic acids is 2. The summed E-state index contributed by atoms with van der Waals surface area (Å²) in [7, 11) is 0. The Morgan fingerprint density at radius 1 is 0.939 bits per heavy atom. The van der Waals surface area contributed by atoms with Crippen molar-refractivity contribution in [2.45, 2.75) is 25.9 Å². The molecule has 8 heteroatoms. The molecule has 3 aromatic carbocycles. The number of nitrogens with one attached hydrogen (secondary N) is 2. The summed E-state index contributed by atoms with van der Waals surface area (Å²) in [6.07, 6.45) is 0.243. The largest absolute Gasteiger partial charge is 0.508 e. The second-order valence-corrected chi connectivity index (χ2v) is 7.84. The van der Waals surface area contributed by atoms with Gasteiger partial charge < -0.3 is 25.4 Å². The summed E-state index contributed by atoms with van der Waals surface area (Å²) in [5.74, 6) is -1.60. The summed E-state index contributed by atoms with van der Waals surface area (Å²) >= 11 is 0. The van der Waals surface area contributed by atoms with Crippen molar-refractivity contribution < 1.29 is 24.6 Å². The van der Waals surface area contributed by atoms with Gasteiger partial charge in [-0.1, -0.05) is 36.4 Å². The number of amides is 2. The van der Waals surface area contributed by atoms with Crippen LogP contribution in [0.2, 0.25) is 0 Å². The maximum absolute atomic E-state index is 13.0. The zero-order chi connectivity index (χ0) is 23.5. The highest BCUT2D eigenvalue weighted by Gasteiger charge is 2.21. The molecule has 0 saturated carbocycles. The Kier molecular flexibility index (Phi) is 5.99. The summed E-state index contributed by atoms with van der Waals surface area (Å²) in [4.78, 5) is 36.2. The first kappa shape index (κ1) is 21.9. The Balaban J connectivity index is 1.65. The van der Waals surface area contributed by atoms with Crippen LogP contribution in [0.1, 0.15) is 12.5 Å². The van der Waals surface area contributed by atoms with Gasteiger partial charge in [-0.15, -0.1) is 0 Å². The van der Waals surface area contributed by atoms with E-state index in [1.807, 2.05) is 30.3 Å². The number of anilines is 1. The van der Waals surface area contributed by atoms with E-state index in [-0.39, 0.29) is 24.6 Å². The molecule has 168 valence electrons. The molecule has 0 bridgehead atoms. The number of phenolic OH excluding ortho intramolecular Hbond substituents is 1. The molecule has 2 amide bonds. The molecule has 0 aliphatic heterocycles. The number of hydrogen-bond donors (Lipinski definition) is 4. The topological polar surface area (TPSA) is 121 Å². The number of carbonyl (C=O) groups is 3. The molecular formula is C25H23N3O5. The second-order valence-electron chi connectivity index (χ2n) is 7.84. The molecule has 8 nitrogen and oxygen atoms in total. The van der Waals surface area contributed by atoms with Crippen molar-refractivity contribution in [3.05, 3.63) is 72.3 Å². The standard InChI is InChI=1S/C25H23N3O5/c1-15(29)26-21(12-16-6-9-18(30)10-7-16)25(33)27-17-8-11-20-19-4-2-3-5-22(19)28(14-24(31)32)23(20)13-17/h2-11,13,21,30H,12,14H2,1H3,(H,26,29)(H,27,33)(H,31,32)/t21-/m0/s1. The van der Waals surface area contributed by atoms with E-state index in [0.717, 1.165) is 21.9 Å². The molecule has 33 heavy (non-hydrogen) atoms. The SMILES string of the molecule is CC(=O)N[C@@H](Cc1ccc(O)cc1)C(=O)Nc1ccc2c3ccccc3n(CC(=O)O)c2c1. The first-order chi connectivity index (χ1) is 15.8. The molecule has 4 aromatic rings. The Hall–Kier alpha value is -4.33. The third kappa shape index (κ3) is 4.79. The highest BCUT2D eigenvalue weighted by molar-refractivity contribution is 6.10. The van der Waals surface area contributed by atoms with E-state index in [2.05, 4.69) is 10.6 Å². The first-order valence-electron chi connectivity index (χ1n) is 10.4. The minimum Gasteiger partial charge on any atom is -0.508 e. The third-order valence-corrected chi connectivity index (χ3v) is 5.40. The average molecular weight is 445 g/mol. The van der Waals surface area contributed by atoms with Crippen LogP contribution >= 0.6 is 0 Å². The highest BCUT2D eigenvalue weighted by atomic mass is 16.4. The lowest BCUT2D eigenvalue weighted by atomic mass is 10.0. The number of benzene rings is 3. The maximum Gasteiger partial charge on any atom is 0.323 e. The van der Waals surface area contributed by atoms with E-state index in [1.54, 1.807) is 28.8 Å². The van der Waals surface area contributed by atoms with E-state index in [4.69, 9.17) is 0 Å². The van der Waals surface area contributed by atoms with Crippen molar-refractivity contribution in [3.63, 3.8) is 0 Å². The van der Waals surface area contributed by atoms with Crippen molar-refractivity contribution in [1.82, 2.24) is 9.88 Å². The van der Waals surface area contributed by atoms with E-state index < -0.39 is 17.9 Å². The first-order valence-corrected chi connectivity index (χ1v) is 10.4. The van der Waals surface area contributed by atoms with Crippen LogP contribution in [0.4, 0.5) is 5.69 Å². The van der Waals surface area contributed by atoms with Crippen LogP contribution in [0.3, 0.4) is 0 Å². The van der Waals surface area contributed by atoms with Crippen LogP contribution in [0.15, 0.2) is 66.7 Å². The second kappa shape index (κ2) is 9.04. The van der Waals surface area contributed by atoms with Gasteiger partial charge in [0, 0.05) is 35.3 Å². The lowest BCUT2D eigenvalue weighted by Gasteiger charge is -2.18. The summed E-state index contributed by atoms with van der Waals surface area (Å²) < 4.78 is 1.70. The molecule has 1 atom stereocenters. The zero-order valence-electron chi connectivity index (χ0n) is 17.9. The van der Waals surface area contributed by atoms with Crippen molar-refractivity contribution in [3.8, 4) is 5.75 Å². The summed E-state index contributed by atoms with van der Waals surface area (Å²) in [6.45, 7) is 1.13. The molecule has 0 aliphatic rings. The van der Waals surface area contributed by atoms with Crippen LogP contribution in [0.5, 0.6) is 5.75 Å². The molecule has 0 unspecified atom stereocenters. The smallest absolute Gasteiger partial charge is 0.323 e. The van der Waals surface area contributed by atoms with E-state index in [0.29, 0.717) is 11.2 Å². The summed E-state index contributed by atoms with van der Waals surface area (Å²) in [6, 6.07) is 18.5. The fourth-order valence-electron chi connectivity index (χ4n) is 3.98. The molecule has 4 rings (SSSR count). The van der Waals surface area contributed by atoms with Gasteiger partial charge in [0.1, 0.15) is 18.3 Å². The van der Waals surface area contributed by atoms with Gasteiger partial charge in [0.2, 0.25) is 11.8 Å². The van der Waals surface area contributed by atoms with Crippen LogP contribution in [-0.4, -0.2) is 38.6 Å². The van der Waals surface area contributed by atoms with Crippen LogP contribution < -0.4 is 10.6 Å². The molecule has 0 radical (unpaired) electrons. The molecule has 0 saturated heterocycles.